The van der Waals surface area contributed by atoms with Crippen LogP contribution < -0.4 is 4.74 Å². The van der Waals surface area contributed by atoms with Gasteiger partial charge < -0.3 is 9.84 Å². The van der Waals surface area contributed by atoms with Crippen LogP contribution in [0.3, 0.4) is 0 Å². The van der Waals surface area contributed by atoms with E-state index in [2.05, 4.69) is 6.07 Å². The van der Waals surface area contributed by atoms with Crippen molar-refractivity contribution in [1.82, 2.24) is 0 Å². The summed E-state index contributed by atoms with van der Waals surface area (Å²) in [5.74, 6) is -0.382. The molecular formula is C14H17NO3. The third kappa shape index (κ3) is 3.77. The fourth-order valence-corrected chi connectivity index (χ4v) is 1.65. The molecule has 1 aromatic carbocycles. The van der Waals surface area contributed by atoms with Gasteiger partial charge >= 0.3 is 5.97 Å². The third-order valence-electron chi connectivity index (χ3n) is 2.73. The van der Waals surface area contributed by atoms with Crippen molar-refractivity contribution < 1.29 is 14.6 Å². The number of benzene rings is 1. The minimum absolute atomic E-state index is 0.221. The molecule has 1 unspecified atom stereocenters. The van der Waals surface area contributed by atoms with Crippen LogP contribution in [0.25, 0.3) is 0 Å². The van der Waals surface area contributed by atoms with Gasteiger partial charge in [0, 0.05) is 0 Å². The molecule has 4 heteroatoms. The first-order valence-electron chi connectivity index (χ1n) is 5.88. The lowest BCUT2D eigenvalue weighted by Gasteiger charge is -2.21. The van der Waals surface area contributed by atoms with Crippen LogP contribution in [-0.2, 0) is 0 Å². The summed E-state index contributed by atoms with van der Waals surface area (Å²) >= 11 is 0. The monoisotopic (exact) mass is 247 g/mol. The first kappa shape index (κ1) is 14.0. The van der Waals surface area contributed by atoms with E-state index in [1.807, 2.05) is 13.8 Å². The van der Waals surface area contributed by atoms with Crippen LogP contribution in [0, 0.1) is 16.7 Å². The van der Waals surface area contributed by atoms with Gasteiger partial charge in [0.15, 0.2) is 0 Å². The van der Waals surface area contributed by atoms with E-state index in [9.17, 15) is 4.79 Å². The second-order valence-electron chi connectivity index (χ2n) is 4.54. The molecule has 0 radical (unpaired) electrons. The van der Waals surface area contributed by atoms with E-state index in [0.29, 0.717) is 12.4 Å². The van der Waals surface area contributed by atoms with Gasteiger partial charge in [-0.3, -0.25) is 0 Å². The SMILES string of the molecule is CCCC(C)(C#N)COc1ccc(C(=O)O)cc1. The second-order valence-corrected chi connectivity index (χ2v) is 4.54. The van der Waals surface area contributed by atoms with Crippen LogP contribution in [0.15, 0.2) is 24.3 Å². The molecule has 0 saturated carbocycles. The lowest BCUT2D eigenvalue weighted by Crippen LogP contribution is -2.23. The summed E-state index contributed by atoms with van der Waals surface area (Å²) in [5, 5.41) is 17.9. The van der Waals surface area contributed by atoms with Gasteiger partial charge in [-0.1, -0.05) is 13.3 Å². The summed E-state index contributed by atoms with van der Waals surface area (Å²) in [4.78, 5) is 10.7. The van der Waals surface area contributed by atoms with Crippen molar-refractivity contribution in [2.75, 3.05) is 6.61 Å². The van der Waals surface area contributed by atoms with Gasteiger partial charge in [0.1, 0.15) is 12.4 Å². The Morgan fingerprint density at radius 3 is 2.50 bits per heavy atom. The summed E-state index contributed by atoms with van der Waals surface area (Å²) in [6, 6.07) is 8.44. The summed E-state index contributed by atoms with van der Waals surface area (Å²) in [6.45, 7) is 4.20. The number of nitriles is 1. The largest absolute Gasteiger partial charge is 0.492 e. The molecule has 0 aliphatic heterocycles. The highest BCUT2D eigenvalue weighted by atomic mass is 16.5. The van der Waals surface area contributed by atoms with E-state index in [1.165, 1.54) is 12.1 Å². The molecule has 0 heterocycles. The van der Waals surface area contributed by atoms with Gasteiger partial charge in [-0.05, 0) is 37.6 Å². The normalized spacial score (nSPS) is 13.4. The smallest absolute Gasteiger partial charge is 0.335 e. The van der Waals surface area contributed by atoms with Crippen LogP contribution in [0.2, 0.25) is 0 Å². The molecule has 0 spiro atoms. The highest BCUT2D eigenvalue weighted by Gasteiger charge is 2.23. The van der Waals surface area contributed by atoms with Crippen molar-refractivity contribution in [3.8, 4) is 11.8 Å². The molecule has 0 aliphatic carbocycles. The number of aromatic carboxylic acids is 1. The zero-order chi connectivity index (χ0) is 13.6. The summed E-state index contributed by atoms with van der Waals surface area (Å²) < 4.78 is 5.53. The lowest BCUT2D eigenvalue weighted by atomic mass is 9.88. The minimum Gasteiger partial charge on any atom is -0.492 e. The molecule has 18 heavy (non-hydrogen) atoms. The first-order valence-corrected chi connectivity index (χ1v) is 5.88. The molecular weight excluding hydrogens is 230 g/mol. The molecule has 1 aromatic rings. The Morgan fingerprint density at radius 1 is 1.44 bits per heavy atom. The van der Waals surface area contributed by atoms with Crippen molar-refractivity contribution in [1.29, 1.82) is 5.26 Å². The average molecular weight is 247 g/mol. The van der Waals surface area contributed by atoms with Crippen molar-refractivity contribution in [2.24, 2.45) is 5.41 Å². The second kappa shape index (κ2) is 6.06. The number of nitrogens with zero attached hydrogens (tertiary/aromatic N) is 1. The Hall–Kier alpha value is -2.02. The number of carboxylic acids is 1. The Bertz CT molecular complexity index is 447. The van der Waals surface area contributed by atoms with Crippen LogP contribution in [0.1, 0.15) is 37.0 Å². The summed E-state index contributed by atoms with van der Waals surface area (Å²) in [6.07, 6.45) is 1.70. The number of carboxylic acid groups (broad SMARTS) is 1. The van der Waals surface area contributed by atoms with Crippen molar-refractivity contribution in [3.05, 3.63) is 29.8 Å². The molecule has 1 atom stereocenters. The molecule has 4 nitrogen and oxygen atoms in total. The fourth-order valence-electron chi connectivity index (χ4n) is 1.65. The van der Waals surface area contributed by atoms with E-state index < -0.39 is 11.4 Å². The number of hydrogen-bond acceptors (Lipinski definition) is 3. The zero-order valence-corrected chi connectivity index (χ0v) is 10.6. The number of hydrogen-bond donors (Lipinski definition) is 1. The van der Waals surface area contributed by atoms with E-state index in [0.717, 1.165) is 12.8 Å². The quantitative estimate of drug-likeness (QED) is 0.838. The van der Waals surface area contributed by atoms with E-state index >= 15 is 0 Å². The molecule has 0 amide bonds. The van der Waals surface area contributed by atoms with Crippen LogP contribution in [0.4, 0.5) is 0 Å². The predicted molar refractivity (Wildman–Crippen MR) is 67.5 cm³/mol. The van der Waals surface area contributed by atoms with Gasteiger partial charge in [0.2, 0.25) is 0 Å². The number of ether oxygens (including phenoxy) is 1. The minimum atomic E-state index is -0.964. The Labute approximate surface area is 107 Å². The van der Waals surface area contributed by atoms with Gasteiger partial charge in [-0.25, -0.2) is 4.79 Å². The maximum absolute atomic E-state index is 10.7. The van der Waals surface area contributed by atoms with E-state index in [1.54, 1.807) is 12.1 Å². The maximum atomic E-state index is 10.7. The Kier molecular flexibility index (Phi) is 4.73. The average Bonchev–Trinajstić information content (AvgIpc) is 2.37. The van der Waals surface area contributed by atoms with Gasteiger partial charge in [-0.15, -0.1) is 0 Å². The van der Waals surface area contributed by atoms with Crippen molar-refractivity contribution >= 4 is 5.97 Å². The molecule has 1 rings (SSSR count). The van der Waals surface area contributed by atoms with E-state index in [4.69, 9.17) is 15.1 Å². The topological polar surface area (TPSA) is 70.3 Å². The molecule has 0 fully saturated rings. The first-order chi connectivity index (χ1) is 8.50. The molecule has 96 valence electrons. The van der Waals surface area contributed by atoms with Crippen LogP contribution in [-0.4, -0.2) is 17.7 Å². The standard InChI is InChI=1S/C14H17NO3/c1-3-8-14(2,9-15)10-18-12-6-4-11(5-7-12)13(16)17/h4-7H,3,8,10H2,1-2H3,(H,16,17). The summed E-state index contributed by atoms with van der Waals surface area (Å²) in [5.41, 5.74) is -0.279. The molecule has 0 bridgehead atoms. The van der Waals surface area contributed by atoms with Gasteiger partial charge in [-0.2, -0.15) is 5.26 Å². The van der Waals surface area contributed by atoms with Crippen LogP contribution in [0.5, 0.6) is 5.75 Å². The van der Waals surface area contributed by atoms with Crippen molar-refractivity contribution in [2.45, 2.75) is 26.7 Å². The van der Waals surface area contributed by atoms with Gasteiger partial charge in [0.05, 0.1) is 17.0 Å². The van der Waals surface area contributed by atoms with Gasteiger partial charge in [0.25, 0.3) is 0 Å². The summed E-state index contributed by atoms with van der Waals surface area (Å²) in [7, 11) is 0. The lowest BCUT2D eigenvalue weighted by molar-refractivity contribution is 0.0697. The number of carbonyl (C=O) groups is 1. The Morgan fingerprint density at radius 2 is 2.06 bits per heavy atom. The highest BCUT2D eigenvalue weighted by Crippen LogP contribution is 2.24. The number of rotatable bonds is 6. The van der Waals surface area contributed by atoms with E-state index in [-0.39, 0.29) is 5.56 Å². The molecule has 1 N–H and O–H groups in total. The third-order valence-corrected chi connectivity index (χ3v) is 2.73. The molecule has 0 aromatic heterocycles. The molecule has 0 aliphatic rings. The zero-order valence-electron chi connectivity index (χ0n) is 10.6. The Balaban J connectivity index is 2.63. The fraction of sp³-hybridized carbons (Fsp3) is 0.429. The maximum Gasteiger partial charge on any atom is 0.335 e. The molecule has 0 saturated heterocycles. The van der Waals surface area contributed by atoms with Crippen LogP contribution >= 0.6 is 0 Å². The highest BCUT2D eigenvalue weighted by molar-refractivity contribution is 5.87. The predicted octanol–water partition coefficient (Wildman–Crippen LogP) is 3.09. The van der Waals surface area contributed by atoms with Crippen molar-refractivity contribution in [3.63, 3.8) is 0 Å².